The van der Waals surface area contributed by atoms with Crippen LogP contribution in [0.5, 0.6) is 5.75 Å². The van der Waals surface area contributed by atoms with Crippen molar-refractivity contribution in [3.05, 3.63) is 76.2 Å². The SMILES string of the molecule is COc1cccc(NC(=O)c2c(NC(=O)c3ccccc3)sc(C)c2C)c1. The average Bonchev–Trinajstić information content (AvgIpc) is 2.96. The van der Waals surface area contributed by atoms with E-state index >= 15 is 0 Å². The second-order valence-corrected chi connectivity index (χ2v) is 7.22. The molecule has 138 valence electrons. The van der Waals surface area contributed by atoms with Gasteiger partial charge in [0.2, 0.25) is 0 Å². The van der Waals surface area contributed by atoms with Crippen LogP contribution in [0.2, 0.25) is 0 Å². The second-order valence-electron chi connectivity index (χ2n) is 5.99. The molecule has 0 fully saturated rings. The van der Waals surface area contributed by atoms with Gasteiger partial charge in [-0.05, 0) is 43.7 Å². The lowest BCUT2D eigenvalue weighted by molar-refractivity contribution is 0.102. The molecular formula is C21H20N2O3S. The van der Waals surface area contributed by atoms with E-state index in [0.29, 0.717) is 27.6 Å². The van der Waals surface area contributed by atoms with Crippen LogP contribution in [0.3, 0.4) is 0 Å². The number of ether oxygens (including phenoxy) is 1. The minimum absolute atomic E-state index is 0.243. The van der Waals surface area contributed by atoms with Crippen molar-refractivity contribution in [3.8, 4) is 5.75 Å². The van der Waals surface area contributed by atoms with Crippen molar-refractivity contribution in [1.82, 2.24) is 0 Å². The van der Waals surface area contributed by atoms with Crippen molar-refractivity contribution in [2.24, 2.45) is 0 Å². The highest BCUT2D eigenvalue weighted by Gasteiger charge is 2.21. The molecule has 0 aliphatic carbocycles. The van der Waals surface area contributed by atoms with Crippen molar-refractivity contribution in [1.29, 1.82) is 0 Å². The van der Waals surface area contributed by atoms with Crippen LogP contribution in [0, 0.1) is 13.8 Å². The lowest BCUT2D eigenvalue weighted by Crippen LogP contribution is -2.17. The van der Waals surface area contributed by atoms with Gasteiger partial charge in [0.05, 0.1) is 12.7 Å². The summed E-state index contributed by atoms with van der Waals surface area (Å²) < 4.78 is 5.19. The van der Waals surface area contributed by atoms with Gasteiger partial charge in [0.15, 0.2) is 0 Å². The number of amides is 2. The van der Waals surface area contributed by atoms with E-state index in [-0.39, 0.29) is 11.8 Å². The maximum absolute atomic E-state index is 12.9. The molecule has 0 saturated carbocycles. The number of hydrogen-bond donors (Lipinski definition) is 2. The fourth-order valence-corrected chi connectivity index (χ4v) is 3.70. The number of thiophene rings is 1. The number of methoxy groups -OCH3 is 1. The molecule has 0 unspecified atom stereocenters. The van der Waals surface area contributed by atoms with Crippen LogP contribution in [-0.4, -0.2) is 18.9 Å². The van der Waals surface area contributed by atoms with Gasteiger partial charge in [-0.3, -0.25) is 9.59 Å². The van der Waals surface area contributed by atoms with Crippen LogP contribution in [0.15, 0.2) is 54.6 Å². The first-order valence-electron chi connectivity index (χ1n) is 8.41. The number of benzene rings is 2. The molecule has 1 aromatic heterocycles. The molecule has 0 atom stereocenters. The molecule has 1 heterocycles. The fraction of sp³-hybridized carbons (Fsp3) is 0.143. The van der Waals surface area contributed by atoms with Crippen LogP contribution in [0.25, 0.3) is 0 Å². The molecule has 0 bridgehead atoms. The zero-order chi connectivity index (χ0) is 19.4. The van der Waals surface area contributed by atoms with Gasteiger partial charge in [-0.25, -0.2) is 0 Å². The molecule has 0 saturated heterocycles. The van der Waals surface area contributed by atoms with E-state index in [1.165, 1.54) is 11.3 Å². The van der Waals surface area contributed by atoms with Gasteiger partial charge < -0.3 is 15.4 Å². The quantitative estimate of drug-likeness (QED) is 0.663. The van der Waals surface area contributed by atoms with Crippen LogP contribution in [0.4, 0.5) is 10.7 Å². The zero-order valence-corrected chi connectivity index (χ0v) is 16.1. The molecule has 27 heavy (non-hydrogen) atoms. The largest absolute Gasteiger partial charge is 0.497 e. The number of carbonyl (C=O) groups is 2. The molecule has 3 aromatic rings. The molecule has 0 aliphatic rings. The molecule has 0 radical (unpaired) electrons. The normalized spacial score (nSPS) is 10.3. The van der Waals surface area contributed by atoms with Crippen LogP contribution >= 0.6 is 11.3 Å². The van der Waals surface area contributed by atoms with Gasteiger partial charge >= 0.3 is 0 Å². The predicted octanol–water partition coefficient (Wildman–Crippen LogP) is 4.88. The second kappa shape index (κ2) is 8.05. The van der Waals surface area contributed by atoms with Crippen molar-refractivity contribution >= 4 is 33.8 Å². The van der Waals surface area contributed by atoms with E-state index in [2.05, 4.69) is 10.6 Å². The van der Waals surface area contributed by atoms with Crippen LogP contribution < -0.4 is 15.4 Å². The summed E-state index contributed by atoms with van der Waals surface area (Å²) in [5.41, 5.74) is 2.50. The Morgan fingerprint density at radius 3 is 2.37 bits per heavy atom. The van der Waals surface area contributed by atoms with Crippen molar-refractivity contribution in [3.63, 3.8) is 0 Å². The number of aryl methyl sites for hydroxylation is 1. The molecule has 0 spiro atoms. The number of carbonyl (C=O) groups excluding carboxylic acids is 2. The average molecular weight is 380 g/mol. The third-order valence-electron chi connectivity index (χ3n) is 4.20. The molecular weight excluding hydrogens is 360 g/mol. The van der Waals surface area contributed by atoms with Gasteiger partial charge in [0.25, 0.3) is 11.8 Å². The first-order valence-corrected chi connectivity index (χ1v) is 9.23. The van der Waals surface area contributed by atoms with E-state index in [1.54, 1.807) is 55.6 Å². The van der Waals surface area contributed by atoms with Gasteiger partial charge in [0, 0.05) is 22.2 Å². The van der Waals surface area contributed by atoms with Gasteiger partial charge in [-0.1, -0.05) is 24.3 Å². The summed E-state index contributed by atoms with van der Waals surface area (Å²) in [6.45, 7) is 3.81. The third-order valence-corrected chi connectivity index (χ3v) is 5.33. The number of nitrogens with one attached hydrogen (secondary N) is 2. The first-order chi connectivity index (χ1) is 13.0. The zero-order valence-electron chi connectivity index (χ0n) is 15.3. The van der Waals surface area contributed by atoms with E-state index in [1.807, 2.05) is 19.9 Å². The Kier molecular flexibility index (Phi) is 5.57. The Labute approximate surface area is 162 Å². The van der Waals surface area contributed by atoms with Gasteiger partial charge in [-0.2, -0.15) is 0 Å². The van der Waals surface area contributed by atoms with E-state index < -0.39 is 0 Å². The Morgan fingerprint density at radius 2 is 1.67 bits per heavy atom. The summed E-state index contributed by atoms with van der Waals surface area (Å²) in [6.07, 6.45) is 0. The minimum atomic E-state index is -0.270. The lowest BCUT2D eigenvalue weighted by Gasteiger charge is -2.10. The van der Waals surface area contributed by atoms with E-state index in [4.69, 9.17) is 4.74 Å². The van der Waals surface area contributed by atoms with E-state index in [0.717, 1.165) is 10.4 Å². The maximum Gasteiger partial charge on any atom is 0.258 e. The highest BCUT2D eigenvalue weighted by atomic mass is 32.1. The summed E-state index contributed by atoms with van der Waals surface area (Å²) in [7, 11) is 1.57. The van der Waals surface area contributed by atoms with Gasteiger partial charge in [-0.15, -0.1) is 11.3 Å². The monoisotopic (exact) mass is 380 g/mol. The summed E-state index contributed by atoms with van der Waals surface area (Å²) in [6, 6.07) is 16.1. The highest BCUT2D eigenvalue weighted by molar-refractivity contribution is 7.16. The maximum atomic E-state index is 12.9. The van der Waals surface area contributed by atoms with Crippen molar-refractivity contribution in [2.45, 2.75) is 13.8 Å². The smallest absolute Gasteiger partial charge is 0.258 e. The minimum Gasteiger partial charge on any atom is -0.497 e. The highest BCUT2D eigenvalue weighted by Crippen LogP contribution is 2.33. The van der Waals surface area contributed by atoms with Crippen LogP contribution in [-0.2, 0) is 0 Å². The third kappa shape index (κ3) is 4.17. The van der Waals surface area contributed by atoms with Crippen molar-refractivity contribution < 1.29 is 14.3 Å². The number of anilines is 2. The molecule has 5 nitrogen and oxygen atoms in total. The molecule has 0 aliphatic heterocycles. The van der Waals surface area contributed by atoms with Crippen molar-refractivity contribution in [2.75, 3.05) is 17.7 Å². The Bertz CT molecular complexity index is 980. The van der Waals surface area contributed by atoms with E-state index in [9.17, 15) is 9.59 Å². The molecule has 2 N–H and O–H groups in total. The summed E-state index contributed by atoms with van der Waals surface area (Å²) in [4.78, 5) is 26.4. The summed E-state index contributed by atoms with van der Waals surface area (Å²) in [5, 5.41) is 6.29. The lowest BCUT2D eigenvalue weighted by atomic mass is 10.1. The standard InChI is InChI=1S/C21H20N2O3S/c1-13-14(2)27-21(23-19(24)15-8-5-4-6-9-15)18(13)20(25)22-16-10-7-11-17(12-16)26-3/h4-12H,1-3H3,(H,22,25)(H,23,24). The molecule has 3 rings (SSSR count). The topological polar surface area (TPSA) is 67.4 Å². The summed E-state index contributed by atoms with van der Waals surface area (Å²) >= 11 is 1.39. The van der Waals surface area contributed by atoms with Gasteiger partial charge in [0.1, 0.15) is 10.8 Å². The predicted molar refractivity (Wildman–Crippen MR) is 109 cm³/mol. The summed E-state index contributed by atoms with van der Waals surface area (Å²) in [5.74, 6) is 0.143. The first kappa shape index (κ1) is 18.7. The number of hydrogen-bond acceptors (Lipinski definition) is 4. The Balaban J connectivity index is 1.86. The Morgan fingerprint density at radius 1 is 0.926 bits per heavy atom. The molecule has 2 amide bonds. The molecule has 6 heteroatoms. The molecule has 2 aromatic carbocycles. The van der Waals surface area contributed by atoms with Crippen LogP contribution in [0.1, 0.15) is 31.2 Å². The number of rotatable bonds is 5. The Hall–Kier alpha value is -3.12. The fourth-order valence-electron chi connectivity index (χ4n) is 2.65.